The molecular formula is C15H20FNO3. The van der Waals surface area contributed by atoms with Gasteiger partial charge < -0.3 is 9.47 Å². The number of ketones is 1. The van der Waals surface area contributed by atoms with Gasteiger partial charge in [0.25, 0.3) is 0 Å². The second-order valence-electron chi connectivity index (χ2n) is 5.19. The molecule has 1 heterocycles. The molecule has 0 saturated carbocycles. The van der Waals surface area contributed by atoms with E-state index in [0.29, 0.717) is 18.7 Å². The smallest absolute Gasteiger partial charge is 0.176 e. The van der Waals surface area contributed by atoms with Crippen LogP contribution >= 0.6 is 0 Å². The second kappa shape index (κ2) is 6.33. The van der Waals surface area contributed by atoms with E-state index in [4.69, 9.17) is 9.47 Å². The Hall–Kier alpha value is -1.46. The Kier molecular flexibility index (Phi) is 4.73. The molecule has 0 radical (unpaired) electrons. The molecule has 0 spiro atoms. The first-order valence-electron chi connectivity index (χ1n) is 6.73. The molecule has 1 aromatic carbocycles. The van der Waals surface area contributed by atoms with Gasteiger partial charge in [0.1, 0.15) is 0 Å². The van der Waals surface area contributed by atoms with Gasteiger partial charge in [0.15, 0.2) is 17.3 Å². The number of morpholine rings is 1. The zero-order valence-corrected chi connectivity index (χ0v) is 12.1. The molecule has 0 bridgehead atoms. The number of ether oxygens (including phenoxy) is 2. The maximum atomic E-state index is 13.6. The van der Waals surface area contributed by atoms with Crippen LogP contribution in [-0.4, -0.2) is 49.6 Å². The van der Waals surface area contributed by atoms with Gasteiger partial charge in [0.2, 0.25) is 0 Å². The Morgan fingerprint density at radius 1 is 1.50 bits per heavy atom. The van der Waals surface area contributed by atoms with Crippen molar-refractivity contribution in [3.63, 3.8) is 0 Å². The molecular weight excluding hydrogens is 261 g/mol. The average Bonchev–Trinajstić information content (AvgIpc) is 2.42. The van der Waals surface area contributed by atoms with Crippen LogP contribution in [0.25, 0.3) is 0 Å². The molecule has 110 valence electrons. The lowest BCUT2D eigenvalue weighted by Crippen LogP contribution is -2.49. The molecule has 1 aromatic rings. The fraction of sp³-hybridized carbons (Fsp3) is 0.533. The van der Waals surface area contributed by atoms with Gasteiger partial charge in [-0.3, -0.25) is 9.69 Å². The van der Waals surface area contributed by atoms with E-state index in [-0.39, 0.29) is 30.2 Å². The van der Waals surface area contributed by atoms with Gasteiger partial charge in [-0.05, 0) is 32.0 Å². The van der Waals surface area contributed by atoms with E-state index in [0.717, 1.165) is 0 Å². The summed E-state index contributed by atoms with van der Waals surface area (Å²) in [5.41, 5.74) is 0.370. The van der Waals surface area contributed by atoms with Crippen molar-refractivity contribution in [1.82, 2.24) is 4.90 Å². The van der Waals surface area contributed by atoms with Gasteiger partial charge in [-0.1, -0.05) is 0 Å². The fourth-order valence-electron chi connectivity index (χ4n) is 2.31. The molecule has 2 rings (SSSR count). The summed E-state index contributed by atoms with van der Waals surface area (Å²) < 4.78 is 24.0. The Balaban J connectivity index is 2.06. The van der Waals surface area contributed by atoms with E-state index in [1.807, 2.05) is 13.8 Å². The van der Waals surface area contributed by atoms with Crippen LogP contribution in [0.4, 0.5) is 4.39 Å². The average molecular weight is 281 g/mol. The Labute approximate surface area is 118 Å². The second-order valence-corrected chi connectivity index (χ2v) is 5.19. The van der Waals surface area contributed by atoms with Crippen LogP contribution in [0.1, 0.15) is 24.2 Å². The third-order valence-electron chi connectivity index (χ3n) is 3.56. The third kappa shape index (κ3) is 3.35. The van der Waals surface area contributed by atoms with Crippen molar-refractivity contribution >= 4 is 5.78 Å². The number of methoxy groups -OCH3 is 1. The van der Waals surface area contributed by atoms with Gasteiger partial charge in [-0.25, -0.2) is 4.39 Å². The van der Waals surface area contributed by atoms with Crippen molar-refractivity contribution in [2.75, 3.05) is 26.8 Å². The van der Waals surface area contributed by atoms with E-state index in [9.17, 15) is 9.18 Å². The van der Waals surface area contributed by atoms with Gasteiger partial charge in [0.05, 0.1) is 26.4 Å². The fourth-order valence-corrected chi connectivity index (χ4v) is 2.31. The number of Topliss-reactive ketones (excluding diaryl/α,β-unsaturated/α-hetero) is 1. The van der Waals surface area contributed by atoms with E-state index in [1.165, 1.54) is 19.2 Å². The van der Waals surface area contributed by atoms with E-state index < -0.39 is 5.82 Å². The molecule has 0 amide bonds. The highest BCUT2D eigenvalue weighted by atomic mass is 19.1. The lowest BCUT2D eigenvalue weighted by Gasteiger charge is -2.36. The van der Waals surface area contributed by atoms with Crippen molar-refractivity contribution in [1.29, 1.82) is 0 Å². The van der Waals surface area contributed by atoms with Crippen LogP contribution in [0.15, 0.2) is 18.2 Å². The summed E-state index contributed by atoms with van der Waals surface area (Å²) in [5.74, 6) is -0.454. The predicted molar refractivity (Wildman–Crippen MR) is 73.7 cm³/mol. The number of nitrogens with zero attached hydrogens (tertiary/aromatic N) is 1. The molecule has 0 aliphatic carbocycles. The van der Waals surface area contributed by atoms with Gasteiger partial charge in [-0.15, -0.1) is 0 Å². The number of rotatable bonds is 4. The highest BCUT2D eigenvalue weighted by molar-refractivity contribution is 5.97. The molecule has 1 aliphatic rings. The zero-order valence-electron chi connectivity index (χ0n) is 12.1. The summed E-state index contributed by atoms with van der Waals surface area (Å²) in [6, 6.07) is 4.50. The highest BCUT2D eigenvalue weighted by Gasteiger charge is 2.25. The van der Waals surface area contributed by atoms with Crippen molar-refractivity contribution in [2.45, 2.75) is 26.0 Å². The first kappa shape index (κ1) is 14.9. The first-order chi connectivity index (χ1) is 9.51. The largest absolute Gasteiger partial charge is 0.494 e. The predicted octanol–water partition coefficient (Wildman–Crippen LogP) is 2.13. The molecule has 1 aliphatic heterocycles. The van der Waals surface area contributed by atoms with Gasteiger partial charge in [-0.2, -0.15) is 0 Å². The molecule has 5 heteroatoms. The Morgan fingerprint density at radius 2 is 2.25 bits per heavy atom. The van der Waals surface area contributed by atoms with Crippen LogP contribution in [0, 0.1) is 5.82 Å². The van der Waals surface area contributed by atoms with Crippen LogP contribution in [0.3, 0.4) is 0 Å². The van der Waals surface area contributed by atoms with Crippen LogP contribution in [0.2, 0.25) is 0 Å². The molecule has 1 fully saturated rings. The van der Waals surface area contributed by atoms with E-state index in [2.05, 4.69) is 4.90 Å². The minimum absolute atomic E-state index is 0.0903. The number of hydrogen-bond acceptors (Lipinski definition) is 4. The quantitative estimate of drug-likeness (QED) is 0.793. The summed E-state index contributed by atoms with van der Waals surface area (Å²) in [6.45, 7) is 5.61. The highest BCUT2D eigenvalue weighted by Crippen LogP contribution is 2.19. The van der Waals surface area contributed by atoms with Gasteiger partial charge in [0, 0.05) is 18.2 Å². The molecule has 4 nitrogen and oxygen atoms in total. The number of benzene rings is 1. The lowest BCUT2D eigenvalue weighted by molar-refractivity contribution is -0.0460. The zero-order chi connectivity index (χ0) is 14.7. The van der Waals surface area contributed by atoms with Crippen LogP contribution < -0.4 is 4.74 Å². The monoisotopic (exact) mass is 281 g/mol. The maximum Gasteiger partial charge on any atom is 0.176 e. The van der Waals surface area contributed by atoms with Crippen LogP contribution in [-0.2, 0) is 4.74 Å². The number of carbonyl (C=O) groups excluding carboxylic acids is 1. The Morgan fingerprint density at radius 3 is 2.90 bits per heavy atom. The Bertz CT molecular complexity index is 492. The summed E-state index contributed by atoms with van der Waals surface area (Å²) in [6.07, 6.45) is 0.117. The minimum atomic E-state index is -0.512. The maximum absolute atomic E-state index is 13.6. The first-order valence-corrected chi connectivity index (χ1v) is 6.73. The summed E-state index contributed by atoms with van der Waals surface area (Å²) in [5, 5.41) is 0. The van der Waals surface area contributed by atoms with E-state index >= 15 is 0 Å². The lowest BCUT2D eigenvalue weighted by atomic mass is 10.1. The summed E-state index contributed by atoms with van der Waals surface area (Å²) in [4.78, 5) is 14.3. The van der Waals surface area contributed by atoms with E-state index in [1.54, 1.807) is 6.07 Å². The van der Waals surface area contributed by atoms with Crippen molar-refractivity contribution < 1.29 is 18.7 Å². The molecule has 2 atom stereocenters. The topological polar surface area (TPSA) is 38.8 Å². The third-order valence-corrected chi connectivity index (χ3v) is 3.56. The molecule has 20 heavy (non-hydrogen) atoms. The SMILES string of the molecule is COc1ccc(C(=O)CN2CC(C)OCC2C)cc1F. The normalized spacial score (nSPS) is 23.6. The number of carbonyl (C=O) groups is 1. The number of halogens is 1. The van der Waals surface area contributed by atoms with Crippen molar-refractivity contribution in [3.05, 3.63) is 29.6 Å². The number of hydrogen-bond donors (Lipinski definition) is 0. The molecule has 0 N–H and O–H groups in total. The van der Waals surface area contributed by atoms with Gasteiger partial charge >= 0.3 is 0 Å². The minimum Gasteiger partial charge on any atom is -0.494 e. The molecule has 2 unspecified atom stereocenters. The van der Waals surface area contributed by atoms with Crippen molar-refractivity contribution in [2.24, 2.45) is 0 Å². The molecule has 1 saturated heterocycles. The van der Waals surface area contributed by atoms with Crippen molar-refractivity contribution in [3.8, 4) is 5.75 Å². The molecule has 0 aromatic heterocycles. The van der Waals surface area contributed by atoms with Crippen LogP contribution in [0.5, 0.6) is 5.75 Å². The summed E-state index contributed by atoms with van der Waals surface area (Å²) in [7, 11) is 1.40. The summed E-state index contributed by atoms with van der Waals surface area (Å²) >= 11 is 0. The standard InChI is InChI=1S/C15H20FNO3/c1-10-9-20-11(2)7-17(10)8-14(18)12-4-5-15(19-3)13(16)6-12/h4-6,10-11H,7-9H2,1-3H3.